The van der Waals surface area contributed by atoms with Crippen molar-refractivity contribution in [3.63, 3.8) is 0 Å². The standard InChI is InChI=1S/C23H25F3N2O2.C2H6/c1-15(29)27-10-16-2-4-17(5-3-16)11-28-12-18-6-7-20(8-21(18)22(24)13-28)30-14-19-9-23(19,25)26;1-2/h2-8,19,22H,9-14H2,1H3,(H,27,29);1-2H3. The quantitative estimate of drug-likeness (QED) is 0.616. The van der Waals surface area contributed by atoms with Crippen molar-refractivity contribution in [3.05, 3.63) is 64.7 Å². The van der Waals surface area contributed by atoms with Crippen molar-refractivity contribution in [1.29, 1.82) is 0 Å². The number of carbonyl (C=O) groups excluding carboxylic acids is 1. The molecule has 0 saturated heterocycles. The van der Waals surface area contributed by atoms with Gasteiger partial charge in [-0.1, -0.05) is 44.2 Å². The Hall–Kier alpha value is -2.54. The Morgan fingerprint density at radius 3 is 2.44 bits per heavy atom. The van der Waals surface area contributed by atoms with Gasteiger partial charge in [0.15, 0.2) is 0 Å². The molecule has 2 aliphatic rings. The molecule has 4 nitrogen and oxygen atoms in total. The third kappa shape index (κ3) is 6.25. The van der Waals surface area contributed by atoms with Crippen molar-refractivity contribution in [2.45, 2.75) is 58.9 Å². The molecule has 2 aromatic carbocycles. The molecular formula is C25H31F3N2O2. The first-order valence-electron chi connectivity index (χ1n) is 11.1. The minimum absolute atomic E-state index is 0.0349. The van der Waals surface area contributed by atoms with Crippen LogP contribution in [0, 0.1) is 5.92 Å². The van der Waals surface area contributed by atoms with E-state index in [1.807, 2.05) is 49.1 Å². The van der Waals surface area contributed by atoms with Crippen molar-refractivity contribution >= 4 is 5.91 Å². The highest BCUT2D eigenvalue weighted by molar-refractivity contribution is 5.72. The number of nitrogens with one attached hydrogen (secondary N) is 1. The molecule has 1 amide bonds. The lowest BCUT2D eigenvalue weighted by Gasteiger charge is -2.31. The predicted octanol–water partition coefficient (Wildman–Crippen LogP) is 5.41. The van der Waals surface area contributed by atoms with Crippen LogP contribution in [0.4, 0.5) is 13.2 Å². The number of rotatable bonds is 7. The number of amides is 1. The molecule has 2 atom stereocenters. The Balaban J connectivity index is 0.00000141. The second-order valence-corrected chi connectivity index (χ2v) is 8.20. The number of halogens is 3. The second-order valence-electron chi connectivity index (χ2n) is 8.20. The van der Waals surface area contributed by atoms with E-state index in [9.17, 15) is 18.0 Å². The van der Waals surface area contributed by atoms with Crippen LogP contribution < -0.4 is 10.1 Å². The number of hydrogen-bond acceptors (Lipinski definition) is 3. The minimum Gasteiger partial charge on any atom is -0.493 e. The molecule has 0 bridgehead atoms. The monoisotopic (exact) mass is 448 g/mol. The van der Waals surface area contributed by atoms with Crippen LogP contribution in [0.15, 0.2) is 42.5 Å². The van der Waals surface area contributed by atoms with E-state index in [1.54, 1.807) is 12.1 Å². The number of alkyl halides is 3. The highest BCUT2D eigenvalue weighted by Crippen LogP contribution is 2.48. The molecule has 7 heteroatoms. The summed E-state index contributed by atoms with van der Waals surface area (Å²) in [6.07, 6.45) is -1.29. The first-order valence-corrected chi connectivity index (χ1v) is 11.1. The Morgan fingerprint density at radius 1 is 1.16 bits per heavy atom. The maximum absolute atomic E-state index is 14.8. The van der Waals surface area contributed by atoms with Gasteiger partial charge in [0.05, 0.1) is 12.5 Å². The molecule has 0 aromatic heterocycles. The molecule has 0 spiro atoms. The molecule has 2 unspecified atom stereocenters. The van der Waals surface area contributed by atoms with Crippen molar-refractivity contribution < 1.29 is 22.7 Å². The molecule has 4 rings (SSSR count). The van der Waals surface area contributed by atoms with E-state index >= 15 is 0 Å². The molecule has 174 valence electrons. The number of carbonyl (C=O) groups is 1. The van der Waals surface area contributed by atoms with E-state index in [4.69, 9.17) is 4.74 Å². The Bertz CT molecular complexity index is 918. The van der Waals surface area contributed by atoms with Crippen LogP contribution in [0.25, 0.3) is 0 Å². The molecular weight excluding hydrogens is 417 g/mol. The van der Waals surface area contributed by atoms with Crippen molar-refractivity contribution in [3.8, 4) is 5.75 Å². The van der Waals surface area contributed by atoms with Gasteiger partial charge in [-0.3, -0.25) is 9.69 Å². The zero-order chi connectivity index (χ0) is 23.3. The Kier molecular flexibility index (Phi) is 7.82. The molecule has 1 saturated carbocycles. The van der Waals surface area contributed by atoms with Crippen molar-refractivity contribution in [2.24, 2.45) is 5.92 Å². The fourth-order valence-corrected chi connectivity index (χ4v) is 3.74. The summed E-state index contributed by atoms with van der Waals surface area (Å²) in [5, 5.41) is 2.76. The van der Waals surface area contributed by atoms with Gasteiger partial charge in [-0.25, -0.2) is 13.2 Å². The van der Waals surface area contributed by atoms with E-state index in [0.29, 0.717) is 30.9 Å². The lowest BCUT2D eigenvalue weighted by atomic mass is 9.97. The summed E-state index contributed by atoms with van der Waals surface area (Å²) in [7, 11) is 0. The van der Waals surface area contributed by atoms with Crippen LogP contribution in [0.5, 0.6) is 5.75 Å². The van der Waals surface area contributed by atoms with Crippen molar-refractivity contribution in [1.82, 2.24) is 10.2 Å². The van der Waals surface area contributed by atoms with E-state index < -0.39 is 18.0 Å². The number of fused-ring (bicyclic) bond motifs is 1. The number of benzene rings is 2. The van der Waals surface area contributed by atoms with Gasteiger partial charge in [0, 0.05) is 39.5 Å². The lowest BCUT2D eigenvalue weighted by Crippen LogP contribution is -2.31. The normalized spacial score (nSPS) is 21.1. The van der Waals surface area contributed by atoms with E-state index in [2.05, 4.69) is 5.32 Å². The minimum atomic E-state index is -2.61. The van der Waals surface area contributed by atoms with Crippen LogP contribution >= 0.6 is 0 Å². The van der Waals surface area contributed by atoms with E-state index in [0.717, 1.165) is 16.7 Å². The molecule has 32 heavy (non-hydrogen) atoms. The summed E-state index contributed by atoms with van der Waals surface area (Å²) >= 11 is 0. The summed E-state index contributed by atoms with van der Waals surface area (Å²) in [6, 6.07) is 13.1. The van der Waals surface area contributed by atoms with Crippen molar-refractivity contribution in [2.75, 3.05) is 13.2 Å². The van der Waals surface area contributed by atoms with Gasteiger partial charge >= 0.3 is 0 Å². The van der Waals surface area contributed by atoms with Crippen LogP contribution in [0.3, 0.4) is 0 Å². The van der Waals surface area contributed by atoms with Crippen LogP contribution in [-0.2, 0) is 24.4 Å². The number of nitrogens with zero attached hydrogens (tertiary/aromatic N) is 1. The van der Waals surface area contributed by atoms with Gasteiger partial charge in [0.25, 0.3) is 5.92 Å². The van der Waals surface area contributed by atoms with Crippen LogP contribution in [0.1, 0.15) is 55.6 Å². The van der Waals surface area contributed by atoms with Gasteiger partial charge in [-0.15, -0.1) is 0 Å². The predicted molar refractivity (Wildman–Crippen MR) is 118 cm³/mol. The van der Waals surface area contributed by atoms with Gasteiger partial charge in [-0.2, -0.15) is 0 Å². The average Bonchev–Trinajstić information content (AvgIpc) is 3.39. The average molecular weight is 449 g/mol. The third-order valence-electron chi connectivity index (χ3n) is 5.64. The van der Waals surface area contributed by atoms with Gasteiger partial charge in [-0.05, 0) is 34.4 Å². The molecule has 1 aliphatic heterocycles. The highest BCUT2D eigenvalue weighted by Gasteiger charge is 2.57. The van der Waals surface area contributed by atoms with E-state index in [1.165, 1.54) is 6.92 Å². The zero-order valence-electron chi connectivity index (χ0n) is 18.8. The molecule has 1 N–H and O–H groups in total. The first kappa shape index (κ1) is 24.1. The highest BCUT2D eigenvalue weighted by atomic mass is 19.3. The van der Waals surface area contributed by atoms with E-state index in [-0.39, 0.29) is 25.5 Å². The third-order valence-corrected chi connectivity index (χ3v) is 5.64. The lowest BCUT2D eigenvalue weighted by molar-refractivity contribution is -0.119. The maximum atomic E-state index is 14.8. The summed E-state index contributed by atoms with van der Waals surface area (Å²) < 4.78 is 46.3. The molecule has 0 radical (unpaired) electrons. The number of ether oxygens (including phenoxy) is 1. The SMILES string of the molecule is CC.CC(=O)NCc1ccc(CN2Cc3ccc(OCC4CC4(F)F)cc3C(F)C2)cc1. The fraction of sp³-hybridized carbons (Fsp3) is 0.480. The Labute approximate surface area is 187 Å². The zero-order valence-corrected chi connectivity index (χ0v) is 18.8. The second kappa shape index (κ2) is 10.4. The fourth-order valence-electron chi connectivity index (χ4n) is 3.74. The maximum Gasteiger partial charge on any atom is 0.255 e. The van der Waals surface area contributed by atoms with Gasteiger partial charge in [0.2, 0.25) is 5.91 Å². The molecule has 2 aromatic rings. The summed E-state index contributed by atoms with van der Waals surface area (Å²) in [5.74, 6) is -2.96. The summed E-state index contributed by atoms with van der Waals surface area (Å²) in [5.41, 5.74) is 3.55. The number of hydrogen-bond donors (Lipinski definition) is 1. The van der Waals surface area contributed by atoms with Gasteiger partial charge < -0.3 is 10.1 Å². The molecule has 1 fully saturated rings. The molecule has 1 heterocycles. The van der Waals surface area contributed by atoms with Gasteiger partial charge in [0.1, 0.15) is 11.9 Å². The largest absolute Gasteiger partial charge is 0.493 e. The molecule has 1 aliphatic carbocycles. The topological polar surface area (TPSA) is 41.6 Å². The first-order chi connectivity index (χ1) is 15.3. The summed E-state index contributed by atoms with van der Waals surface area (Å²) in [4.78, 5) is 13.0. The smallest absolute Gasteiger partial charge is 0.255 e. The summed E-state index contributed by atoms with van der Waals surface area (Å²) in [6.45, 7) is 7.44. The van der Waals surface area contributed by atoms with Crippen LogP contribution in [0.2, 0.25) is 0 Å². The van der Waals surface area contributed by atoms with Crippen LogP contribution in [-0.4, -0.2) is 29.9 Å². The Morgan fingerprint density at radius 2 is 1.81 bits per heavy atom.